The topological polar surface area (TPSA) is 157 Å². The van der Waals surface area contributed by atoms with Crippen LogP contribution in [0.3, 0.4) is 0 Å². The van der Waals surface area contributed by atoms with E-state index in [4.69, 9.17) is 23.7 Å². The molecule has 1 heterocycles. The molecule has 29 heavy (non-hydrogen) atoms. The molecule has 1 N–H and O–H groups in total. The van der Waals surface area contributed by atoms with Gasteiger partial charge >= 0.3 is 5.69 Å². The average molecular weight is 414 g/mol. The van der Waals surface area contributed by atoms with Gasteiger partial charge in [0, 0.05) is 34.5 Å². The summed E-state index contributed by atoms with van der Waals surface area (Å²) in [5, 5.41) is 26.0. The Labute approximate surface area is 165 Å². The van der Waals surface area contributed by atoms with Crippen LogP contribution < -0.4 is 5.43 Å². The van der Waals surface area contributed by atoms with Crippen molar-refractivity contribution < 1.29 is 33.5 Å². The summed E-state index contributed by atoms with van der Waals surface area (Å²) in [7, 11) is 5.90. The second-order valence-corrected chi connectivity index (χ2v) is 5.91. The zero-order valence-electron chi connectivity index (χ0n) is 16.2. The number of nitro benzene ring substituents is 2. The molecule has 1 aliphatic heterocycles. The van der Waals surface area contributed by atoms with Gasteiger partial charge in [-0.25, -0.2) is 0 Å². The van der Waals surface area contributed by atoms with Gasteiger partial charge in [-0.2, -0.15) is 5.10 Å². The predicted molar refractivity (Wildman–Crippen MR) is 99.9 cm³/mol. The molecule has 1 fully saturated rings. The molecular weight excluding hydrogens is 392 g/mol. The maximum absolute atomic E-state index is 11.2. The Morgan fingerprint density at radius 1 is 1.00 bits per heavy atom. The first-order chi connectivity index (χ1) is 13.9. The van der Waals surface area contributed by atoms with E-state index in [9.17, 15) is 20.2 Å². The zero-order valence-corrected chi connectivity index (χ0v) is 16.2. The first-order valence-corrected chi connectivity index (χ1v) is 8.36. The minimum Gasteiger partial charge on any atom is -0.376 e. The van der Waals surface area contributed by atoms with Crippen LogP contribution in [-0.4, -0.2) is 75.2 Å². The van der Waals surface area contributed by atoms with Gasteiger partial charge in [-0.3, -0.25) is 25.7 Å². The van der Waals surface area contributed by atoms with Crippen molar-refractivity contribution in [1.29, 1.82) is 0 Å². The number of nitrogens with zero attached hydrogens (tertiary/aromatic N) is 3. The molecule has 0 bridgehead atoms. The van der Waals surface area contributed by atoms with E-state index in [0.29, 0.717) is 0 Å². The highest BCUT2D eigenvalue weighted by atomic mass is 16.7. The Kier molecular flexibility index (Phi) is 7.92. The van der Waals surface area contributed by atoms with E-state index in [1.807, 2.05) is 0 Å². The summed E-state index contributed by atoms with van der Waals surface area (Å²) < 4.78 is 27.4. The Hall–Kier alpha value is -2.71. The third-order valence-electron chi connectivity index (χ3n) is 4.38. The molecule has 13 heteroatoms. The number of hydrogen-bond acceptors (Lipinski definition) is 11. The van der Waals surface area contributed by atoms with Gasteiger partial charge in [-0.15, -0.1) is 0 Å². The molecule has 1 saturated heterocycles. The van der Waals surface area contributed by atoms with Crippen LogP contribution in [-0.2, 0) is 23.7 Å². The van der Waals surface area contributed by atoms with E-state index in [1.165, 1.54) is 40.7 Å². The SMILES string of the molecule is CO[C@@H]1O[C@H](/C=N\Nc2ccc([N+](=O)[O-])cc2[N+](=O)[O-])[C@@H](OC)[C@H](OC)[C@H]1OC. The molecule has 0 aromatic heterocycles. The normalized spacial score (nSPS) is 27.1. The van der Waals surface area contributed by atoms with E-state index in [0.717, 1.165) is 12.1 Å². The van der Waals surface area contributed by atoms with Crippen molar-refractivity contribution in [3.63, 3.8) is 0 Å². The molecule has 1 aromatic rings. The summed E-state index contributed by atoms with van der Waals surface area (Å²) >= 11 is 0. The van der Waals surface area contributed by atoms with Gasteiger partial charge in [0.05, 0.1) is 22.1 Å². The van der Waals surface area contributed by atoms with Crippen molar-refractivity contribution in [2.45, 2.75) is 30.7 Å². The quantitative estimate of drug-likeness (QED) is 0.355. The third kappa shape index (κ3) is 5.02. The van der Waals surface area contributed by atoms with E-state index in [2.05, 4.69) is 10.5 Å². The van der Waals surface area contributed by atoms with Crippen LogP contribution in [0.1, 0.15) is 0 Å². The monoisotopic (exact) mass is 414 g/mol. The molecule has 0 aliphatic carbocycles. The van der Waals surface area contributed by atoms with Crippen molar-refractivity contribution >= 4 is 23.3 Å². The Morgan fingerprint density at radius 2 is 1.66 bits per heavy atom. The van der Waals surface area contributed by atoms with Crippen LogP contribution in [0.4, 0.5) is 17.1 Å². The maximum Gasteiger partial charge on any atom is 0.301 e. The lowest BCUT2D eigenvalue weighted by molar-refractivity contribution is -0.393. The summed E-state index contributed by atoms with van der Waals surface area (Å²) in [6, 6.07) is 3.17. The minimum absolute atomic E-state index is 0.0250. The fraction of sp³-hybridized carbons (Fsp3) is 0.562. The molecule has 5 atom stereocenters. The number of nitrogens with one attached hydrogen (secondary N) is 1. The highest BCUT2D eigenvalue weighted by molar-refractivity contribution is 5.69. The molecule has 0 saturated carbocycles. The van der Waals surface area contributed by atoms with Crippen LogP contribution >= 0.6 is 0 Å². The van der Waals surface area contributed by atoms with Crippen LogP contribution in [0.2, 0.25) is 0 Å². The van der Waals surface area contributed by atoms with Gasteiger partial charge in [0.25, 0.3) is 5.69 Å². The molecule has 160 valence electrons. The predicted octanol–water partition coefficient (Wildman–Crippen LogP) is 1.32. The fourth-order valence-electron chi connectivity index (χ4n) is 2.99. The van der Waals surface area contributed by atoms with Crippen molar-refractivity contribution in [1.82, 2.24) is 0 Å². The lowest BCUT2D eigenvalue weighted by atomic mass is 9.99. The van der Waals surface area contributed by atoms with Crippen LogP contribution in [0.25, 0.3) is 0 Å². The number of ether oxygens (including phenoxy) is 5. The number of hydrogen-bond donors (Lipinski definition) is 1. The van der Waals surface area contributed by atoms with Gasteiger partial charge in [-0.05, 0) is 6.07 Å². The molecule has 13 nitrogen and oxygen atoms in total. The molecule has 1 aliphatic rings. The lowest BCUT2D eigenvalue weighted by Crippen LogP contribution is -2.60. The third-order valence-corrected chi connectivity index (χ3v) is 4.38. The second-order valence-electron chi connectivity index (χ2n) is 5.91. The van der Waals surface area contributed by atoms with Gasteiger partial charge in [0.1, 0.15) is 30.1 Å². The van der Waals surface area contributed by atoms with Crippen LogP contribution in [0.15, 0.2) is 23.3 Å². The lowest BCUT2D eigenvalue weighted by Gasteiger charge is -2.43. The van der Waals surface area contributed by atoms with Gasteiger partial charge in [0.15, 0.2) is 6.29 Å². The number of anilines is 1. The molecule has 0 unspecified atom stereocenters. The average Bonchev–Trinajstić information content (AvgIpc) is 2.72. The highest BCUT2D eigenvalue weighted by Crippen LogP contribution is 2.29. The summed E-state index contributed by atoms with van der Waals surface area (Å²) in [4.78, 5) is 20.5. The molecule has 0 spiro atoms. The smallest absolute Gasteiger partial charge is 0.301 e. The molecular formula is C16H22N4O9. The van der Waals surface area contributed by atoms with Crippen LogP contribution in [0.5, 0.6) is 0 Å². The Balaban J connectivity index is 2.22. The van der Waals surface area contributed by atoms with Crippen molar-refractivity contribution in [2.75, 3.05) is 33.9 Å². The van der Waals surface area contributed by atoms with E-state index < -0.39 is 51.9 Å². The van der Waals surface area contributed by atoms with Crippen molar-refractivity contribution in [3.8, 4) is 0 Å². The van der Waals surface area contributed by atoms with Gasteiger partial charge < -0.3 is 23.7 Å². The number of nitro groups is 2. The number of hydrazone groups is 1. The van der Waals surface area contributed by atoms with Gasteiger partial charge in [-0.1, -0.05) is 0 Å². The number of rotatable bonds is 9. The first-order valence-electron chi connectivity index (χ1n) is 8.36. The number of non-ortho nitro benzene ring substituents is 1. The molecule has 0 radical (unpaired) electrons. The second kappa shape index (κ2) is 10.2. The van der Waals surface area contributed by atoms with E-state index in [-0.39, 0.29) is 5.69 Å². The van der Waals surface area contributed by atoms with Gasteiger partial charge in [0.2, 0.25) is 0 Å². The highest BCUT2D eigenvalue weighted by Gasteiger charge is 2.46. The summed E-state index contributed by atoms with van der Waals surface area (Å²) in [5.41, 5.74) is 1.58. The van der Waals surface area contributed by atoms with Crippen molar-refractivity contribution in [2.24, 2.45) is 5.10 Å². The summed E-state index contributed by atoms with van der Waals surface area (Å²) in [5.74, 6) is 0. The first kappa shape index (κ1) is 22.6. The maximum atomic E-state index is 11.2. The summed E-state index contributed by atoms with van der Waals surface area (Å²) in [6.45, 7) is 0. The Morgan fingerprint density at radius 3 is 2.17 bits per heavy atom. The minimum atomic E-state index is -0.762. The molecule has 1 aromatic carbocycles. The standard InChI is InChI=1S/C16H22N4O9/c1-25-13-12(29-16(28-4)15(27-3)14(13)26-2)8-17-18-10-6-5-9(19(21)22)7-11(10)20(23)24/h5-8,12-16,18H,1-4H3/b17-8-/t12-,13-,14+,15-,16-/m1/s1. The number of methoxy groups -OCH3 is 4. The zero-order chi connectivity index (χ0) is 21.6. The van der Waals surface area contributed by atoms with Crippen molar-refractivity contribution in [3.05, 3.63) is 38.4 Å². The van der Waals surface area contributed by atoms with E-state index in [1.54, 1.807) is 0 Å². The fourth-order valence-corrected chi connectivity index (χ4v) is 2.99. The van der Waals surface area contributed by atoms with E-state index >= 15 is 0 Å². The number of benzene rings is 1. The largest absolute Gasteiger partial charge is 0.376 e. The molecule has 2 rings (SSSR count). The van der Waals surface area contributed by atoms with Crippen LogP contribution in [0, 0.1) is 20.2 Å². The molecule has 0 amide bonds. The Bertz CT molecular complexity index is 760. The summed E-state index contributed by atoms with van der Waals surface area (Å²) in [6.07, 6.45) is -1.85.